The Morgan fingerprint density at radius 3 is 2.67 bits per heavy atom. The Morgan fingerprint density at radius 1 is 1.19 bits per heavy atom. The number of hydrogen-bond donors (Lipinski definition) is 0. The monoisotopic (exact) mass is 289 g/mol. The summed E-state index contributed by atoms with van der Waals surface area (Å²) in [6.07, 6.45) is 7.95. The van der Waals surface area contributed by atoms with Gasteiger partial charge < -0.3 is 4.74 Å². The molecule has 1 aromatic rings. The minimum Gasteiger partial charge on any atom is -0.381 e. The molecule has 116 valence electrons. The van der Waals surface area contributed by atoms with Crippen molar-refractivity contribution in [2.24, 2.45) is 11.8 Å². The second-order valence-corrected chi connectivity index (χ2v) is 7.20. The van der Waals surface area contributed by atoms with Crippen LogP contribution in [0.1, 0.15) is 49.8 Å². The maximum atomic E-state index is 5.73. The van der Waals surface area contributed by atoms with Gasteiger partial charge in [-0.1, -0.05) is 0 Å². The van der Waals surface area contributed by atoms with E-state index in [2.05, 4.69) is 22.7 Å². The summed E-state index contributed by atoms with van der Waals surface area (Å²) in [6.45, 7) is 8.33. The van der Waals surface area contributed by atoms with E-state index in [4.69, 9.17) is 9.84 Å². The molecule has 2 fully saturated rings. The third kappa shape index (κ3) is 3.32. The molecule has 2 aliphatic carbocycles. The summed E-state index contributed by atoms with van der Waals surface area (Å²) in [6, 6.07) is 0. The van der Waals surface area contributed by atoms with Gasteiger partial charge in [-0.25, -0.2) is 0 Å². The predicted molar refractivity (Wildman–Crippen MR) is 82.2 cm³/mol. The van der Waals surface area contributed by atoms with Crippen LogP contribution in [0.2, 0.25) is 0 Å². The number of fused-ring (bicyclic) bond motifs is 1. The molecule has 0 N–H and O–H groups in total. The van der Waals surface area contributed by atoms with Crippen LogP contribution in [0.4, 0.5) is 0 Å². The van der Waals surface area contributed by atoms with E-state index >= 15 is 0 Å². The van der Waals surface area contributed by atoms with Crippen LogP contribution >= 0.6 is 0 Å². The van der Waals surface area contributed by atoms with E-state index in [9.17, 15) is 0 Å². The highest BCUT2D eigenvalue weighted by Gasteiger charge is 2.33. The molecule has 0 saturated heterocycles. The smallest absolute Gasteiger partial charge is 0.0736 e. The van der Waals surface area contributed by atoms with Crippen molar-refractivity contribution in [3.05, 3.63) is 17.5 Å². The Hall–Kier alpha value is -0.870. The first-order valence-corrected chi connectivity index (χ1v) is 8.68. The zero-order chi connectivity index (χ0) is 14.2. The van der Waals surface area contributed by atoms with E-state index in [-0.39, 0.29) is 0 Å². The van der Waals surface area contributed by atoms with Gasteiger partial charge >= 0.3 is 0 Å². The lowest BCUT2D eigenvalue weighted by Gasteiger charge is -2.31. The van der Waals surface area contributed by atoms with Gasteiger partial charge in [0.1, 0.15) is 0 Å². The molecular weight excluding hydrogens is 262 g/mol. The van der Waals surface area contributed by atoms with Gasteiger partial charge in [-0.3, -0.25) is 9.58 Å². The Labute approximate surface area is 127 Å². The Morgan fingerprint density at radius 2 is 1.95 bits per heavy atom. The zero-order valence-corrected chi connectivity index (χ0v) is 13.1. The van der Waals surface area contributed by atoms with Gasteiger partial charge in [0.15, 0.2) is 0 Å². The van der Waals surface area contributed by atoms with Crippen molar-refractivity contribution in [1.82, 2.24) is 14.7 Å². The Balaban J connectivity index is 1.50. The number of aromatic nitrogens is 2. The van der Waals surface area contributed by atoms with Crippen LogP contribution in [0.5, 0.6) is 0 Å². The number of hydrogen-bond acceptors (Lipinski definition) is 3. The second-order valence-electron chi connectivity index (χ2n) is 7.20. The molecule has 1 unspecified atom stereocenters. The lowest BCUT2D eigenvalue weighted by molar-refractivity contribution is 0.104. The molecule has 4 nitrogen and oxygen atoms in total. The first kappa shape index (κ1) is 13.8. The lowest BCUT2D eigenvalue weighted by Crippen LogP contribution is -2.36. The molecule has 2 saturated carbocycles. The van der Waals surface area contributed by atoms with Gasteiger partial charge in [0, 0.05) is 50.5 Å². The topological polar surface area (TPSA) is 30.3 Å². The average Bonchev–Trinajstić information content (AvgIpc) is 3.37. The van der Waals surface area contributed by atoms with Crippen LogP contribution in [-0.4, -0.2) is 41.0 Å². The third-order valence-corrected chi connectivity index (χ3v) is 5.01. The summed E-state index contributed by atoms with van der Waals surface area (Å²) < 4.78 is 7.94. The third-order valence-electron chi connectivity index (χ3n) is 5.01. The molecule has 0 spiro atoms. The fraction of sp³-hybridized carbons (Fsp3) is 0.824. The van der Waals surface area contributed by atoms with Gasteiger partial charge in [-0.15, -0.1) is 0 Å². The fourth-order valence-corrected chi connectivity index (χ4v) is 3.50. The SMILES string of the molecule is CCOCC1CN(CC2CC2)Cc2cn(CC3CC3)nc21. The van der Waals surface area contributed by atoms with Gasteiger partial charge in [0.05, 0.1) is 12.3 Å². The van der Waals surface area contributed by atoms with Crippen molar-refractivity contribution in [1.29, 1.82) is 0 Å². The molecule has 21 heavy (non-hydrogen) atoms. The second kappa shape index (κ2) is 5.73. The highest BCUT2D eigenvalue weighted by Crippen LogP contribution is 2.35. The average molecular weight is 289 g/mol. The maximum absolute atomic E-state index is 5.73. The van der Waals surface area contributed by atoms with Crippen molar-refractivity contribution < 1.29 is 4.74 Å². The highest BCUT2D eigenvalue weighted by atomic mass is 16.5. The van der Waals surface area contributed by atoms with Crippen molar-refractivity contribution >= 4 is 0 Å². The van der Waals surface area contributed by atoms with Gasteiger partial charge in [-0.05, 0) is 44.4 Å². The molecule has 0 aromatic carbocycles. The molecule has 1 aromatic heterocycles. The van der Waals surface area contributed by atoms with Crippen molar-refractivity contribution in [2.45, 2.75) is 51.6 Å². The summed E-state index contributed by atoms with van der Waals surface area (Å²) in [4.78, 5) is 2.63. The van der Waals surface area contributed by atoms with E-state index < -0.39 is 0 Å². The molecule has 0 bridgehead atoms. The highest BCUT2D eigenvalue weighted by molar-refractivity contribution is 5.25. The van der Waals surface area contributed by atoms with Crippen molar-refractivity contribution in [3.8, 4) is 0 Å². The predicted octanol–water partition coefficient (Wildman–Crippen LogP) is 2.64. The molecular formula is C17H27N3O. The Bertz CT molecular complexity index is 490. The van der Waals surface area contributed by atoms with Crippen LogP contribution in [0.3, 0.4) is 0 Å². The summed E-state index contributed by atoms with van der Waals surface area (Å²) in [5.41, 5.74) is 2.77. The standard InChI is InChI=1S/C17H27N3O/c1-2-21-12-16-10-19(7-13-3-4-13)9-15-11-20(18-17(15)16)8-14-5-6-14/h11,13-14,16H,2-10,12H2,1H3. The summed E-state index contributed by atoms with van der Waals surface area (Å²) >= 11 is 0. The largest absolute Gasteiger partial charge is 0.381 e. The van der Waals surface area contributed by atoms with E-state index in [1.54, 1.807) is 0 Å². The molecule has 0 amide bonds. The van der Waals surface area contributed by atoms with Crippen LogP contribution in [0.15, 0.2) is 6.20 Å². The van der Waals surface area contributed by atoms with Gasteiger partial charge in [-0.2, -0.15) is 5.10 Å². The molecule has 2 heterocycles. The number of nitrogens with zero attached hydrogens (tertiary/aromatic N) is 3. The molecule has 0 radical (unpaired) electrons. The van der Waals surface area contributed by atoms with E-state index in [0.717, 1.165) is 44.7 Å². The van der Waals surface area contributed by atoms with Crippen LogP contribution in [0, 0.1) is 11.8 Å². The van der Waals surface area contributed by atoms with Gasteiger partial charge in [0.2, 0.25) is 0 Å². The molecule has 4 rings (SSSR count). The van der Waals surface area contributed by atoms with Gasteiger partial charge in [0.25, 0.3) is 0 Å². The van der Waals surface area contributed by atoms with E-state index in [1.165, 1.54) is 43.5 Å². The summed E-state index contributed by atoms with van der Waals surface area (Å²) in [5.74, 6) is 2.31. The normalized spacial score (nSPS) is 26.0. The molecule has 1 aliphatic heterocycles. The Kier molecular flexibility index (Phi) is 3.76. The summed E-state index contributed by atoms with van der Waals surface area (Å²) in [7, 11) is 0. The van der Waals surface area contributed by atoms with E-state index in [0.29, 0.717) is 5.92 Å². The van der Waals surface area contributed by atoms with Crippen molar-refractivity contribution in [2.75, 3.05) is 26.3 Å². The summed E-state index contributed by atoms with van der Waals surface area (Å²) in [5, 5.41) is 4.90. The molecule has 4 heteroatoms. The first-order chi connectivity index (χ1) is 10.3. The fourth-order valence-electron chi connectivity index (χ4n) is 3.50. The van der Waals surface area contributed by atoms with Crippen LogP contribution in [-0.2, 0) is 17.8 Å². The van der Waals surface area contributed by atoms with E-state index in [1.807, 2.05) is 0 Å². The van der Waals surface area contributed by atoms with Crippen molar-refractivity contribution in [3.63, 3.8) is 0 Å². The lowest BCUT2D eigenvalue weighted by atomic mass is 9.97. The quantitative estimate of drug-likeness (QED) is 0.773. The minimum atomic E-state index is 0.466. The van der Waals surface area contributed by atoms with Crippen LogP contribution in [0.25, 0.3) is 0 Å². The number of ether oxygens (including phenoxy) is 1. The minimum absolute atomic E-state index is 0.466. The number of rotatable bonds is 7. The van der Waals surface area contributed by atoms with Crippen LogP contribution < -0.4 is 0 Å². The molecule has 3 aliphatic rings. The maximum Gasteiger partial charge on any atom is 0.0736 e. The first-order valence-electron chi connectivity index (χ1n) is 8.68. The zero-order valence-electron chi connectivity index (χ0n) is 13.1. The molecule has 1 atom stereocenters.